The van der Waals surface area contributed by atoms with Crippen molar-refractivity contribution in [2.45, 2.75) is 25.8 Å². The number of benzene rings is 1. The summed E-state index contributed by atoms with van der Waals surface area (Å²) in [4.78, 5) is 49.3. The zero-order valence-corrected chi connectivity index (χ0v) is 12.9. The van der Waals surface area contributed by atoms with Gasteiger partial charge in [0.2, 0.25) is 5.91 Å². The van der Waals surface area contributed by atoms with E-state index in [1.54, 1.807) is 0 Å². The predicted octanol–water partition coefficient (Wildman–Crippen LogP) is 0.814. The Balaban J connectivity index is 1.92. The molecule has 1 unspecified atom stereocenters. The van der Waals surface area contributed by atoms with Crippen LogP contribution in [0.3, 0.4) is 0 Å². The number of thiocarbonyl (C=S) groups is 1. The molecule has 8 heteroatoms. The molecule has 23 heavy (non-hydrogen) atoms. The van der Waals surface area contributed by atoms with Crippen LogP contribution in [0.4, 0.5) is 0 Å². The zero-order valence-electron chi connectivity index (χ0n) is 12.1. The average molecular weight is 332 g/mol. The number of carbonyl (C=O) groups excluding carboxylic acids is 4. The van der Waals surface area contributed by atoms with E-state index in [-0.39, 0.29) is 16.9 Å². The minimum Gasteiger partial charge on any atom is -0.427 e. The highest BCUT2D eigenvalue weighted by Gasteiger charge is 2.44. The Labute approximate surface area is 136 Å². The fourth-order valence-corrected chi connectivity index (χ4v) is 2.90. The Bertz CT molecular complexity index is 773. The van der Waals surface area contributed by atoms with Gasteiger partial charge in [-0.2, -0.15) is 0 Å². The first kappa shape index (κ1) is 15.3. The normalized spacial score (nSPS) is 20.4. The molecule has 3 amide bonds. The lowest BCUT2D eigenvalue weighted by Gasteiger charge is -2.28. The lowest BCUT2D eigenvalue weighted by Crippen LogP contribution is -2.53. The van der Waals surface area contributed by atoms with Gasteiger partial charge in [0.05, 0.1) is 16.1 Å². The molecule has 1 fully saturated rings. The maximum absolute atomic E-state index is 12.5. The summed E-state index contributed by atoms with van der Waals surface area (Å²) in [7, 11) is 0. The minimum absolute atomic E-state index is 0.120. The Kier molecular flexibility index (Phi) is 3.69. The zero-order chi connectivity index (χ0) is 16.7. The third-order valence-electron chi connectivity index (χ3n) is 3.67. The van der Waals surface area contributed by atoms with Crippen LogP contribution in [0.15, 0.2) is 18.2 Å². The molecule has 0 radical (unpaired) electrons. The maximum atomic E-state index is 12.5. The topological polar surface area (TPSA) is 92.8 Å². The van der Waals surface area contributed by atoms with Crippen molar-refractivity contribution in [3.05, 3.63) is 29.3 Å². The second-order valence-electron chi connectivity index (χ2n) is 5.25. The van der Waals surface area contributed by atoms with Crippen molar-refractivity contribution in [3.63, 3.8) is 0 Å². The van der Waals surface area contributed by atoms with Gasteiger partial charge in [0.1, 0.15) is 11.8 Å². The van der Waals surface area contributed by atoms with Crippen LogP contribution in [0, 0.1) is 0 Å². The standard InChI is InChI=1S/C15H12N2O5S/c1-7(18)22-8-2-3-9-10(6-8)15(21)17(14(9)20)11-4-5-12(23)16-13(11)19/h2-3,6,11H,4-5H2,1H3,(H,16,19,23). The van der Waals surface area contributed by atoms with Crippen molar-refractivity contribution < 1.29 is 23.9 Å². The van der Waals surface area contributed by atoms with Gasteiger partial charge in [-0.3, -0.25) is 24.1 Å². The van der Waals surface area contributed by atoms with E-state index < -0.39 is 29.7 Å². The fraction of sp³-hybridized carbons (Fsp3) is 0.267. The third kappa shape index (κ3) is 2.61. The van der Waals surface area contributed by atoms with Crippen molar-refractivity contribution in [3.8, 4) is 5.75 Å². The number of hydrogen-bond acceptors (Lipinski definition) is 6. The molecule has 3 rings (SSSR count). The van der Waals surface area contributed by atoms with Crippen molar-refractivity contribution >= 4 is 40.9 Å². The Morgan fingerprint density at radius 2 is 1.96 bits per heavy atom. The lowest BCUT2D eigenvalue weighted by molar-refractivity contribution is -0.131. The van der Waals surface area contributed by atoms with Crippen LogP contribution >= 0.6 is 12.2 Å². The summed E-state index contributed by atoms with van der Waals surface area (Å²) >= 11 is 4.93. The average Bonchev–Trinajstić information content (AvgIpc) is 2.71. The quantitative estimate of drug-likeness (QED) is 0.373. The molecule has 1 N–H and O–H groups in total. The summed E-state index contributed by atoms with van der Waals surface area (Å²) in [6, 6.07) is 3.30. The molecule has 0 aromatic heterocycles. The van der Waals surface area contributed by atoms with E-state index in [1.165, 1.54) is 25.1 Å². The van der Waals surface area contributed by atoms with Crippen molar-refractivity contribution in [2.24, 2.45) is 0 Å². The molecular weight excluding hydrogens is 320 g/mol. The van der Waals surface area contributed by atoms with Crippen LogP contribution in [0.5, 0.6) is 5.75 Å². The van der Waals surface area contributed by atoms with Crippen LogP contribution in [0.2, 0.25) is 0 Å². The Morgan fingerprint density at radius 3 is 2.61 bits per heavy atom. The molecule has 0 saturated carbocycles. The molecule has 0 bridgehead atoms. The molecule has 0 spiro atoms. The molecule has 1 aromatic carbocycles. The van der Waals surface area contributed by atoms with E-state index in [4.69, 9.17) is 17.0 Å². The summed E-state index contributed by atoms with van der Waals surface area (Å²) in [5, 5.41) is 2.49. The summed E-state index contributed by atoms with van der Waals surface area (Å²) < 4.78 is 4.92. The summed E-state index contributed by atoms with van der Waals surface area (Å²) in [5.74, 6) is -1.93. The van der Waals surface area contributed by atoms with Gasteiger partial charge >= 0.3 is 5.97 Å². The number of ether oxygens (including phenoxy) is 1. The summed E-state index contributed by atoms with van der Waals surface area (Å²) in [6.45, 7) is 1.24. The van der Waals surface area contributed by atoms with E-state index in [0.29, 0.717) is 17.8 Å². The lowest BCUT2D eigenvalue weighted by atomic mass is 10.1. The number of nitrogens with one attached hydrogen (secondary N) is 1. The van der Waals surface area contributed by atoms with Crippen LogP contribution in [0.25, 0.3) is 0 Å². The smallest absolute Gasteiger partial charge is 0.308 e. The molecule has 1 atom stereocenters. The number of esters is 1. The summed E-state index contributed by atoms with van der Waals surface area (Å²) in [6.07, 6.45) is 0.727. The van der Waals surface area contributed by atoms with Gasteiger partial charge in [-0.15, -0.1) is 0 Å². The van der Waals surface area contributed by atoms with Crippen molar-refractivity contribution in [1.82, 2.24) is 10.2 Å². The van der Waals surface area contributed by atoms with Gasteiger partial charge in [-0.25, -0.2) is 0 Å². The molecule has 0 aliphatic carbocycles. The van der Waals surface area contributed by atoms with Crippen LogP contribution in [0.1, 0.15) is 40.5 Å². The molecule has 1 aromatic rings. The highest BCUT2D eigenvalue weighted by atomic mass is 32.1. The van der Waals surface area contributed by atoms with Crippen molar-refractivity contribution in [1.29, 1.82) is 0 Å². The van der Waals surface area contributed by atoms with Crippen LogP contribution in [-0.4, -0.2) is 39.6 Å². The summed E-state index contributed by atoms with van der Waals surface area (Å²) in [5.41, 5.74) is 0.307. The van der Waals surface area contributed by atoms with Crippen LogP contribution < -0.4 is 10.1 Å². The number of rotatable bonds is 2. The highest BCUT2D eigenvalue weighted by Crippen LogP contribution is 2.30. The van der Waals surface area contributed by atoms with E-state index in [1.807, 2.05) is 0 Å². The predicted molar refractivity (Wildman–Crippen MR) is 82.0 cm³/mol. The monoisotopic (exact) mass is 332 g/mol. The molecule has 2 aliphatic heterocycles. The number of nitrogens with zero attached hydrogens (tertiary/aromatic N) is 1. The van der Waals surface area contributed by atoms with Crippen molar-refractivity contribution in [2.75, 3.05) is 0 Å². The number of piperidine rings is 1. The number of fused-ring (bicyclic) bond motifs is 1. The van der Waals surface area contributed by atoms with Gasteiger partial charge in [0, 0.05) is 13.3 Å². The highest BCUT2D eigenvalue weighted by molar-refractivity contribution is 7.80. The maximum Gasteiger partial charge on any atom is 0.308 e. The van der Waals surface area contributed by atoms with Gasteiger partial charge < -0.3 is 10.1 Å². The fourth-order valence-electron chi connectivity index (χ4n) is 2.68. The van der Waals surface area contributed by atoms with E-state index in [2.05, 4.69) is 5.32 Å². The first-order chi connectivity index (χ1) is 10.9. The molecule has 1 saturated heterocycles. The largest absolute Gasteiger partial charge is 0.427 e. The Hall–Kier alpha value is -2.61. The van der Waals surface area contributed by atoms with Crippen LogP contribution in [-0.2, 0) is 9.59 Å². The number of imide groups is 1. The molecular formula is C15H12N2O5S. The third-order valence-corrected chi connectivity index (χ3v) is 3.98. The number of hydrogen-bond donors (Lipinski definition) is 1. The minimum atomic E-state index is -0.883. The number of carbonyl (C=O) groups is 4. The number of amides is 3. The van der Waals surface area contributed by atoms with E-state index in [0.717, 1.165) is 4.90 Å². The Morgan fingerprint density at radius 1 is 1.26 bits per heavy atom. The van der Waals surface area contributed by atoms with Gasteiger partial charge in [-0.1, -0.05) is 12.2 Å². The first-order valence-electron chi connectivity index (χ1n) is 6.92. The van der Waals surface area contributed by atoms with E-state index >= 15 is 0 Å². The van der Waals surface area contributed by atoms with Gasteiger partial charge in [0.25, 0.3) is 11.8 Å². The second-order valence-corrected chi connectivity index (χ2v) is 5.74. The molecule has 2 heterocycles. The molecule has 7 nitrogen and oxygen atoms in total. The molecule has 118 valence electrons. The SMILES string of the molecule is CC(=O)Oc1ccc2c(c1)C(=O)N(C1CCC(=S)NC1=O)C2=O. The van der Waals surface area contributed by atoms with E-state index in [9.17, 15) is 19.2 Å². The molecule has 2 aliphatic rings. The van der Waals surface area contributed by atoms with Gasteiger partial charge in [-0.05, 0) is 24.6 Å². The van der Waals surface area contributed by atoms with Gasteiger partial charge in [0.15, 0.2) is 0 Å². The second kappa shape index (κ2) is 5.54. The first-order valence-corrected chi connectivity index (χ1v) is 7.33.